The number of nitrogens with zero attached hydrogens (tertiary/aromatic N) is 2. The highest BCUT2D eigenvalue weighted by molar-refractivity contribution is 7.13. The smallest absolute Gasteiger partial charge is 0.0576 e. The molecular weight excluding hydrogens is 230 g/mol. The van der Waals surface area contributed by atoms with Crippen molar-refractivity contribution in [1.82, 2.24) is 15.1 Å². The van der Waals surface area contributed by atoms with Gasteiger partial charge < -0.3 is 5.32 Å². The number of hydrogen-bond donors (Lipinski definition) is 1. The molecule has 2 aromatic heterocycles. The van der Waals surface area contributed by atoms with E-state index in [-0.39, 0.29) is 0 Å². The lowest BCUT2D eigenvalue weighted by atomic mass is 10.1. The Hall–Kier alpha value is -1.13. The summed E-state index contributed by atoms with van der Waals surface area (Å²) in [4.78, 5) is 1.30. The number of aromatic nitrogens is 2. The van der Waals surface area contributed by atoms with Crippen LogP contribution in [0.25, 0.3) is 10.4 Å². The van der Waals surface area contributed by atoms with Gasteiger partial charge in [0.2, 0.25) is 0 Å². The second-order valence-corrected chi connectivity index (χ2v) is 5.52. The van der Waals surface area contributed by atoms with Gasteiger partial charge in [0.15, 0.2) is 0 Å². The first kappa shape index (κ1) is 11.0. The number of thiophene rings is 1. The summed E-state index contributed by atoms with van der Waals surface area (Å²) in [5, 5.41) is 10.1. The van der Waals surface area contributed by atoms with Crippen LogP contribution in [0.3, 0.4) is 0 Å². The fraction of sp³-hybridized carbons (Fsp3) is 0.462. The summed E-state index contributed by atoms with van der Waals surface area (Å²) in [5.41, 5.74) is 1.23. The maximum absolute atomic E-state index is 4.45. The Kier molecular flexibility index (Phi) is 3.25. The van der Waals surface area contributed by atoms with Crippen LogP contribution in [0.5, 0.6) is 0 Å². The topological polar surface area (TPSA) is 29.9 Å². The first-order chi connectivity index (χ1) is 8.42. The van der Waals surface area contributed by atoms with Crippen molar-refractivity contribution in [1.29, 1.82) is 0 Å². The zero-order chi connectivity index (χ0) is 11.5. The molecule has 0 spiro atoms. The lowest BCUT2D eigenvalue weighted by Crippen LogP contribution is -2.37. The average molecular weight is 247 g/mol. The minimum absolute atomic E-state index is 0.597. The van der Waals surface area contributed by atoms with Gasteiger partial charge in [-0.2, -0.15) is 5.10 Å². The number of piperidine rings is 1. The van der Waals surface area contributed by atoms with Gasteiger partial charge in [-0.05, 0) is 30.8 Å². The van der Waals surface area contributed by atoms with Gasteiger partial charge in [0.1, 0.15) is 0 Å². The van der Waals surface area contributed by atoms with Crippen LogP contribution in [0.2, 0.25) is 0 Å². The lowest BCUT2D eigenvalue weighted by molar-refractivity contribution is 0.351. The third-order valence-corrected chi connectivity index (χ3v) is 4.18. The van der Waals surface area contributed by atoms with Gasteiger partial charge in [0.25, 0.3) is 0 Å². The standard InChI is InChI=1S/C13H17N3S/c1-2-6-14-12(4-1)10-16-9-11(8-15-16)13-5-3-7-17-13/h3,5,7-9,12,14H,1-2,4,6,10H2/t12-/m0/s1. The number of nitrogens with one attached hydrogen (secondary N) is 1. The molecule has 1 aliphatic heterocycles. The lowest BCUT2D eigenvalue weighted by Gasteiger charge is -2.23. The highest BCUT2D eigenvalue weighted by Gasteiger charge is 2.13. The minimum Gasteiger partial charge on any atom is -0.312 e. The highest BCUT2D eigenvalue weighted by Crippen LogP contribution is 2.23. The molecule has 0 saturated carbocycles. The number of hydrogen-bond acceptors (Lipinski definition) is 3. The molecule has 1 atom stereocenters. The van der Waals surface area contributed by atoms with E-state index in [0.29, 0.717) is 6.04 Å². The van der Waals surface area contributed by atoms with Gasteiger partial charge in [-0.25, -0.2) is 0 Å². The zero-order valence-electron chi connectivity index (χ0n) is 9.80. The largest absolute Gasteiger partial charge is 0.312 e. The maximum atomic E-state index is 4.45. The Labute approximate surface area is 105 Å². The van der Waals surface area contributed by atoms with E-state index in [9.17, 15) is 0 Å². The molecule has 3 heterocycles. The van der Waals surface area contributed by atoms with Crippen LogP contribution < -0.4 is 5.32 Å². The molecule has 3 rings (SSSR count). The summed E-state index contributed by atoms with van der Waals surface area (Å²) in [6.45, 7) is 2.15. The molecule has 0 aliphatic carbocycles. The van der Waals surface area contributed by atoms with E-state index in [1.807, 2.05) is 6.20 Å². The molecule has 0 bridgehead atoms. The van der Waals surface area contributed by atoms with Crippen LogP contribution in [-0.4, -0.2) is 22.4 Å². The molecular formula is C13H17N3S. The molecule has 1 saturated heterocycles. The van der Waals surface area contributed by atoms with Crippen LogP contribution >= 0.6 is 11.3 Å². The van der Waals surface area contributed by atoms with Crippen molar-refractivity contribution in [2.24, 2.45) is 0 Å². The Morgan fingerprint density at radius 1 is 1.47 bits per heavy atom. The summed E-state index contributed by atoms with van der Waals surface area (Å²) in [5.74, 6) is 0. The third kappa shape index (κ3) is 2.58. The van der Waals surface area contributed by atoms with Crippen molar-refractivity contribution in [2.75, 3.05) is 6.54 Å². The molecule has 0 unspecified atom stereocenters. The Bertz CT molecular complexity index is 455. The monoisotopic (exact) mass is 247 g/mol. The quantitative estimate of drug-likeness (QED) is 0.904. The van der Waals surface area contributed by atoms with Crippen molar-refractivity contribution in [3.8, 4) is 10.4 Å². The van der Waals surface area contributed by atoms with E-state index in [1.54, 1.807) is 11.3 Å². The van der Waals surface area contributed by atoms with E-state index < -0.39 is 0 Å². The van der Waals surface area contributed by atoms with Crippen LogP contribution in [0.1, 0.15) is 19.3 Å². The van der Waals surface area contributed by atoms with E-state index in [1.165, 1.54) is 29.7 Å². The van der Waals surface area contributed by atoms with Crippen LogP contribution in [0, 0.1) is 0 Å². The second-order valence-electron chi connectivity index (χ2n) is 4.58. The third-order valence-electron chi connectivity index (χ3n) is 3.26. The number of rotatable bonds is 3. The van der Waals surface area contributed by atoms with Gasteiger partial charge in [-0.15, -0.1) is 11.3 Å². The fourth-order valence-corrected chi connectivity index (χ4v) is 3.04. The molecule has 0 radical (unpaired) electrons. The van der Waals surface area contributed by atoms with E-state index in [0.717, 1.165) is 13.1 Å². The SMILES string of the molecule is c1csc(-c2cnn(C[C@@H]3CCCCN3)c2)c1. The van der Waals surface area contributed by atoms with Crippen molar-refractivity contribution in [3.05, 3.63) is 29.9 Å². The Morgan fingerprint density at radius 2 is 2.47 bits per heavy atom. The van der Waals surface area contributed by atoms with E-state index in [2.05, 4.69) is 38.8 Å². The van der Waals surface area contributed by atoms with Crippen molar-refractivity contribution in [2.45, 2.75) is 31.8 Å². The predicted molar refractivity (Wildman–Crippen MR) is 71.2 cm³/mol. The fourth-order valence-electron chi connectivity index (χ4n) is 2.34. The van der Waals surface area contributed by atoms with Crippen molar-refractivity contribution >= 4 is 11.3 Å². The van der Waals surface area contributed by atoms with Crippen molar-refractivity contribution < 1.29 is 0 Å². The van der Waals surface area contributed by atoms with Gasteiger partial charge >= 0.3 is 0 Å². The molecule has 0 amide bonds. The molecule has 2 aromatic rings. The summed E-state index contributed by atoms with van der Waals surface area (Å²) >= 11 is 1.77. The molecule has 0 aromatic carbocycles. The second kappa shape index (κ2) is 5.02. The predicted octanol–water partition coefficient (Wildman–Crippen LogP) is 2.75. The summed E-state index contributed by atoms with van der Waals surface area (Å²) < 4.78 is 2.07. The molecule has 90 valence electrons. The summed E-state index contributed by atoms with van der Waals surface area (Å²) in [6.07, 6.45) is 8.05. The molecule has 17 heavy (non-hydrogen) atoms. The van der Waals surface area contributed by atoms with Crippen LogP contribution in [-0.2, 0) is 6.54 Å². The first-order valence-electron chi connectivity index (χ1n) is 6.21. The normalized spacial score (nSPS) is 20.6. The van der Waals surface area contributed by atoms with Gasteiger partial charge in [-0.3, -0.25) is 4.68 Å². The average Bonchev–Trinajstić information content (AvgIpc) is 3.00. The molecule has 1 fully saturated rings. The Balaban J connectivity index is 1.68. The highest BCUT2D eigenvalue weighted by atomic mass is 32.1. The van der Waals surface area contributed by atoms with E-state index in [4.69, 9.17) is 0 Å². The molecule has 1 aliphatic rings. The summed E-state index contributed by atoms with van der Waals surface area (Å²) in [7, 11) is 0. The van der Waals surface area contributed by atoms with Gasteiger partial charge in [0.05, 0.1) is 12.7 Å². The van der Waals surface area contributed by atoms with Gasteiger partial charge in [0, 0.05) is 22.7 Å². The molecule has 1 N–H and O–H groups in total. The minimum atomic E-state index is 0.597. The molecule has 4 heteroatoms. The van der Waals surface area contributed by atoms with Gasteiger partial charge in [-0.1, -0.05) is 12.5 Å². The first-order valence-corrected chi connectivity index (χ1v) is 7.09. The van der Waals surface area contributed by atoms with Crippen LogP contribution in [0.4, 0.5) is 0 Å². The van der Waals surface area contributed by atoms with E-state index >= 15 is 0 Å². The molecule has 3 nitrogen and oxygen atoms in total. The Morgan fingerprint density at radius 3 is 3.24 bits per heavy atom. The van der Waals surface area contributed by atoms with Crippen molar-refractivity contribution in [3.63, 3.8) is 0 Å². The van der Waals surface area contributed by atoms with Crippen LogP contribution in [0.15, 0.2) is 29.9 Å². The summed E-state index contributed by atoms with van der Waals surface area (Å²) in [6, 6.07) is 4.82. The maximum Gasteiger partial charge on any atom is 0.0576 e. The zero-order valence-corrected chi connectivity index (χ0v) is 10.6.